The monoisotopic (exact) mass is 249 g/mol. The van der Waals surface area contributed by atoms with Gasteiger partial charge in [-0.2, -0.15) is 0 Å². The van der Waals surface area contributed by atoms with Crippen molar-refractivity contribution in [2.24, 2.45) is 5.92 Å². The molecule has 0 unspecified atom stereocenters. The third-order valence-corrected chi connectivity index (χ3v) is 2.81. The summed E-state index contributed by atoms with van der Waals surface area (Å²) < 4.78 is 5.00. The zero-order valence-electron chi connectivity index (χ0n) is 9.89. The molecule has 5 nitrogen and oxygen atoms in total. The van der Waals surface area contributed by atoms with E-state index in [1.807, 2.05) is 0 Å². The zero-order valence-corrected chi connectivity index (χ0v) is 9.89. The minimum absolute atomic E-state index is 0.130. The Hall–Kier alpha value is -2.04. The van der Waals surface area contributed by atoms with Crippen molar-refractivity contribution in [2.75, 3.05) is 11.9 Å². The van der Waals surface area contributed by atoms with E-state index in [2.05, 4.69) is 5.32 Å². The van der Waals surface area contributed by atoms with Crippen LogP contribution in [0.15, 0.2) is 24.3 Å². The van der Waals surface area contributed by atoms with E-state index < -0.39 is 12.1 Å². The highest BCUT2D eigenvalue weighted by Gasteiger charge is 2.21. The van der Waals surface area contributed by atoms with Gasteiger partial charge in [0.05, 0.1) is 12.2 Å². The van der Waals surface area contributed by atoms with Gasteiger partial charge in [0.1, 0.15) is 0 Å². The lowest BCUT2D eigenvalue weighted by Crippen LogP contribution is -2.15. The Morgan fingerprint density at radius 2 is 2.17 bits per heavy atom. The van der Waals surface area contributed by atoms with Crippen molar-refractivity contribution in [2.45, 2.75) is 19.3 Å². The summed E-state index contributed by atoms with van der Waals surface area (Å²) in [5, 5.41) is 11.3. The Bertz CT molecular complexity index is 454. The average Bonchev–Trinajstić information content (AvgIpc) is 3.13. The minimum atomic E-state index is -1.03. The first-order valence-electron chi connectivity index (χ1n) is 5.92. The van der Waals surface area contributed by atoms with Crippen LogP contribution in [0.2, 0.25) is 0 Å². The normalized spacial score (nSPS) is 14.0. The van der Waals surface area contributed by atoms with E-state index in [9.17, 15) is 9.59 Å². The molecule has 1 fully saturated rings. The molecular weight excluding hydrogens is 234 g/mol. The van der Waals surface area contributed by atoms with Crippen LogP contribution in [0.4, 0.5) is 10.5 Å². The second-order valence-electron chi connectivity index (χ2n) is 4.38. The minimum Gasteiger partial charge on any atom is -0.478 e. The summed E-state index contributed by atoms with van der Waals surface area (Å²) in [6, 6.07) is 6.05. The van der Waals surface area contributed by atoms with E-state index in [1.165, 1.54) is 25.0 Å². The largest absolute Gasteiger partial charge is 0.478 e. The molecule has 0 saturated heterocycles. The fraction of sp³-hybridized carbons (Fsp3) is 0.385. The fourth-order valence-corrected chi connectivity index (χ4v) is 1.61. The lowest BCUT2D eigenvalue weighted by atomic mass is 10.2. The van der Waals surface area contributed by atoms with E-state index in [4.69, 9.17) is 9.84 Å². The quantitative estimate of drug-likeness (QED) is 0.841. The Balaban J connectivity index is 1.81. The molecule has 0 aliphatic heterocycles. The van der Waals surface area contributed by atoms with Crippen molar-refractivity contribution in [1.82, 2.24) is 0 Å². The molecule has 1 aliphatic rings. The number of carboxylic acid groups (broad SMARTS) is 1. The maximum absolute atomic E-state index is 11.4. The zero-order chi connectivity index (χ0) is 13.0. The second-order valence-corrected chi connectivity index (χ2v) is 4.38. The van der Waals surface area contributed by atoms with Gasteiger partial charge in [0.25, 0.3) is 0 Å². The maximum Gasteiger partial charge on any atom is 0.411 e. The van der Waals surface area contributed by atoms with E-state index in [0.29, 0.717) is 18.2 Å². The molecule has 96 valence electrons. The van der Waals surface area contributed by atoms with Gasteiger partial charge >= 0.3 is 12.1 Å². The number of hydrogen-bond acceptors (Lipinski definition) is 3. The van der Waals surface area contributed by atoms with Gasteiger partial charge in [-0.05, 0) is 30.5 Å². The van der Waals surface area contributed by atoms with Gasteiger partial charge in [-0.3, -0.25) is 5.32 Å². The molecule has 2 rings (SSSR count). The van der Waals surface area contributed by atoms with Gasteiger partial charge in [-0.25, -0.2) is 9.59 Å². The molecule has 0 spiro atoms. The first-order chi connectivity index (χ1) is 8.65. The number of aromatic carboxylic acids is 1. The average molecular weight is 249 g/mol. The Labute approximate surface area is 105 Å². The van der Waals surface area contributed by atoms with Gasteiger partial charge in [-0.1, -0.05) is 18.9 Å². The van der Waals surface area contributed by atoms with Crippen molar-refractivity contribution in [1.29, 1.82) is 0 Å². The number of nitrogens with one attached hydrogen (secondary N) is 1. The molecule has 5 heteroatoms. The maximum atomic E-state index is 11.4. The molecule has 2 N–H and O–H groups in total. The van der Waals surface area contributed by atoms with Crippen LogP contribution < -0.4 is 5.32 Å². The predicted molar refractivity (Wildman–Crippen MR) is 65.7 cm³/mol. The lowest BCUT2D eigenvalue weighted by Gasteiger charge is -2.07. The number of anilines is 1. The lowest BCUT2D eigenvalue weighted by molar-refractivity contribution is 0.0696. The first-order valence-corrected chi connectivity index (χ1v) is 5.92. The smallest absolute Gasteiger partial charge is 0.411 e. The van der Waals surface area contributed by atoms with E-state index >= 15 is 0 Å². The number of hydrogen-bond donors (Lipinski definition) is 2. The van der Waals surface area contributed by atoms with Crippen LogP contribution >= 0.6 is 0 Å². The number of carbonyl (C=O) groups is 2. The van der Waals surface area contributed by atoms with Crippen LogP contribution in [0.1, 0.15) is 29.6 Å². The number of carbonyl (C=O) groups excluding carboxylic acids is 1. The fourth-order valence-electron chi connectivity index (χ4n) is 1.61. The molecule has 18 heavy (non-hydrogen) atoms. The standard InChI is InChI=1S/C13H15NO4/c15-12(16)10-2-1-3-11(8-10)14-13(17)18-7-6-9-4-5-9/h1-3,8-9H,4-7H2,(H,14,17)(H,15,16). The summed E-state index contributed by atoms with van der Waals surface area (Å²) in [7, 11) is 0. The highest BCUT2D eigenvalue weighted by molar-refractivity contribution is 5.91. The summed E-state index contributed by atoms with van der Waals surface area (Å²) in [6.45, 7) is 0.412. The molecule has 0 bridgehead atoms. The predicted octanol–water partition coefficient (Wildman–Crippen LogP) is 2.73. The third-order valence-electron chi connectivity index (χ3n) is 2.81. The topological polar surface area (TPSA) is 75.6 Å². The molecular formula is C13H15NO4. The van der Waals surface area contributed by atoms with Crippen LogP contribution in [0.25, 0.3) is 0 Å². The summed E-state index contributed by atoms with van der Waals surface area (Å²) in [6.07, 6.45) is 2.82. The van der Waals surface area contributed by atoms with Gasteiger partial charge in [-0.15, -0.1) is 0 Å². The van der Waals surface area contributed by atoms with Crippen molar-refractivity contribution in [3.63, 3.8) is 0 Å². The van der Waals surface area contributed by atoms with Crippen LogP contribution in [0, 0.1) is 5.92 Å². The van der Waals surface area contributed by atoms with Gasteiger partial charge < -0.3 is 9.84 Å². The van der Waals surface area contributed by atoms with Crippen LogP contribution in [-0.4, -0.2) is 23.8 Å². The Morgan fingerprint density at radius 3 is 2.83 bits per heavy atom. The SMILES string of the molecule is O=C(Nc1cccc(C(=O)O)c1)OCCC1CC1. The molecule has 1 amide bonds. The summed E-state index contributed by atoms with van der Waals surface area (Å²) >= 11 is 0. The van der Waals surface area contributed by atoms with E-state index in [-0.39, 0.29) is 5.56 Å². The van der Waals surface area contributed by atoms with E-state index in [0.717, 1.165) is 6.42 Å². The molecule has 1 saturated carbocycles. The molecule has 0 radical (unpaired) electrons. The van der Waals surface area contributed by atoms with E-state index in [1.54, 1.807) is 12.1 Å². The third kappa shape index (κ3) is 3.76. The number of amides is 1. The Kier molecular flexibility index (Phi) is 3.82. The van der Waals surface area contributed by atoms with Crippen LogP contribution in [0.3, 0.4) is 0 Å². The number of ether oxygens (including phenoxy) is 1. The van der Waals surface area contributed by atoms with Gasteiger partial charge in [0, 0.05) is 5.69 Å². The van der Waals surface area contributed by atoms with Crippen molar-refractivity contribution < 1.29 is 19.4 Å². The number of carboxylic acids is 1. The number of benzene rings is 1. The molecule has 1 aromatic rings. The Morgan fingerprint density at radius 1 is 1.39 bits per heavy atom. The first kappa shape index (κ1) is 12.4. The molecule has 0 heterocycles. The van der Waals surface area contributed by atoms with Crippen molar-refractivity contribution >= 4 is 17.7 Å². The van der Waals surface area contributed by atoms with Crippen LogP contribution in [0.5, 0.6) is 0 Å². The van der Waals surface area contributed by atoms with Gasteiger partial charge in [0.2, 0.25) is 0 Å². The van der Waals surface area contributed by atoms with Crippen molar-refractivity contribution in [3.05, 3.63) is 29.8 Å². The number of rotatable bonds is 5. The molecule has 0 atom stereocenters. The second kappa shape index (κ2) is 5.53. The van der Waals surface area contributed by atoms with Gasteiger partial charge in [0.15, 0.2) is 0 Å². The highest BCUT2D eigenvalue weighted by Crippen LogP contribution is 2.32. The molecule has 1 aromatic carbocycles. The molecule has 1 aliphatic carbocycles. The highest BCUT2D eigenvalue weighted by atomic mass is 16.5. The summed E-state index contributed by atoms with van der Waals surface area (Å²) in [5.41, 5.74) is 0.553. The molecule has 0 aromatic heterocycles. The van der Waals surface area contributed by atoms with Crippen molar-refractivity contribution in [3.8, 4) is 0 Å². The van der Waals surface area contributed by atoms with Crippen LogP contribution in [-0.2, 0) is 4.74 Å². The summed E-state index contributed by atoms with van der Waals surface area (Å²) in [4.78, 5) is 22.2. The summed E-state index contributed by atoms with van der Waals surface area (Å²) in [5.74, 6) is -0.311.